The molecule has 0 spiro atoms. The highest BCUT2D eigenvalue weighted by Crippen LogP contribution is 2.51. The number of phenolic OH excluding ortho intramolecular Hbond substituents is 1. The van der Waals surface area contributed by atoms with E-state index in [0.29, 0.717) is 5.75 Å². The van der Waals surface area contributed by atoms with Crippen LogP contribution in [0.3, 0.4) is 0 Å². The molecule has 1 aliphatic rings. The number of ether oxygens (including phenoxy) is 3. The van der Waals surface area contributed by atoms with Crippen LogP contribution in [0.15, 0.2) is 43.0 Å². The van der Waals surface area contributed by atoms with Crippen molar-refractivity contribution in [1.82, 2.24) is 0 Å². The molecule has 24 heavy (non-hydrogen) atoms. The van der Waals surface area contributed by atoms with Crippen LogP contribution >= 0.6 is 0 Å². The number of phenols is 1. The van der Waals surface area contributed by atoms with E-state index in [4.69, 9.17) is 14.2 Å². The van der Waals surface area contributed by atoms with Gasteiger partial charge in [-0.05, 0) is 35.7 Å². The smallest absolute Gasteiger partial charge is 0.165 e. The molecule has 0 bridgehead atoms. The van der Waals surface area contributed by atoms with Gasteiger partial charge in [0.15, 0.2) is 23.0 Å². The number of hydrogen-bond donors (Lipinski definition) is 1. The summed E-state index contributed by atoms with van der Waals surface area (Å²) in [7, 11) is 3.19. The molecule has 2 atom stereocenters. The highest BCUT2D eigenvalue weighted by Gasteiger charge is 2.35. The van der Waals surface area contributed by atoms with Crippen LogP contribution in [0.5, 0.6) is 23.0 Å². The van der Waals surface area contributed by atoms with Gasteiger partial charge in [-0.1, -0.05) is 25.1 Å². The second kappa shape index (κ2) is 6.48. The number of benzene rings is 2. The van der Waals surface area contributed by atoms with Gasteiger partial charge in [-0.3, -0.25) is 0 Å². The molecule has 0 radical (unpaired) electrons. The molecule has 126 valence electrons. The lowest BCUT2D eigenvalue weighted by atomic mass is 9.91. The lowest BCUT2D eigenvalue weighted by Gasteiger charge is -2.17. The fourth-order valence-electron chi connectivity index (χ4n) is 3.20. The van der Waals surface area contributed by atoms with Gasteiger partial charge in [0.25, 0.3) is 0 Å². The van der Waals surface area contributed by atoms with Gasteiger partial charge in [0.05, 0.1) is 14.2 Å². The fraction of sp³-hybridized carbons (Fsp3) is 0.300. The minimum absolute atomic E-state index is 0.121. The van der Waals surface area contributed by atoms with E-state index in [-0.39, 0.29) is 17.8 Å². The molecule has 0 fully saturated rings. The topological polar surface area (TPSA) is 47.9 Å². The first-order valence-electron chi connectivity index (χ1n) is 7.94. The van der Waals surface area contributed by atoms with E-state index in [0.717, 1.165) is 34.6 Å². The number of hydrogen-bond acceptors (Lipinski definition) is 4. The van der Waals surface area contributed by atoms with Crippen LogP contribution in [0.1, 0.15) is 35.6 Å². The normalized spacial score (nSPS) is 18.6. The second-order valence-electron chi connectivity index (χ2n) is 5.97. The molecule has 2 aromatic rings. The third-order valence-electron chi connectivity index (χ3n) is 4.47. The van der Waals surface area contributed by atoms with Crippen LogP contribution in [0, 0.1) is 0 Å². The molecule has 0 amide bonds. The summed E-state index contributed by atoms with van der Waals surface area (Å²) in [6.07, 6.45) is 2.51. The summed E-state index contributed by atoms with van der Waals surface area (Å²) in [5, 5.41) is 9.80. The monoisotopic (exact) mass is 326 g/mol. The van der Waals surface area contributed by atoms with E-state index in [9.17, 15) is 5.11 Å². The van der Waals surface area contributed by atoms with Crippen molar-refractivity contribution in [2.45, 2.75) is 25.4 Å². The standard InChI is InChI=1S/C20H22O4/c1-5-6-13-9-15-12(2)19(24-20(15)18(10-13)23-4)14-7-8-16(21)17(11-14)22-3/h5,7-12,19,21H,1,6H2,2-4H3/t12-,19-/m0/s1. The Morgan fingerprint density at radius 1 is 1.17 bits per heavy atom. The zero-order chi connectivity index (χ0) is 17.3. The zero-order valence-corrected chi connectivity index (χ0v) is 14.2. The van der Waals surface area contributed by atoms with Crippen molar-refractivity contribution in [3.8, 4) is 23.0 Å². The lowest BCUT2D eigenvalue weighted by Crippen LogP contribution is -2.07. The predicted octanol–water partition coefficient (Wildman–Crippen LogP) is 4.38. The Morgan fingerprint density at radius 3 is 2.58 bits per heavy atom. The fourth-order valence-corrected chi connectivity index (χ4v) is 3.20. The molecule has 1 heterocycles. The molecule has 4 nitrogen and oxygen atoms in total. The zero-order valence-electron chi connectivity index (χ0n) is 14.2. The summed E-state index contributed by atoms with van der Waals surface area (Å²) in [6.45, 7) is 5.94. The Morgan fingerprint density at radius 2 is 1.92 bits per heavy atom. The Kier molecular flexibility index (Phi) is 4.38. The Balaban J connectivity index is 2.01. The van der Waals surface area contributed by atoms with Crippen LogP contribution in [-0.4, -0.2) is 19.3 Å². The molecule has 0 unspecified atom stereocenters. The Hall–Kier alpha value is -2.62. The predicted molar refractivity (Wildman–Crippen MR) is 93.3 cm³/mol. The van der Waals surface area contributed by atoms with E-state index in [1.54, 1.807) is 13.2 Å². The van der Waals surface area contributed by atoms with E-state index >= 15 is 0 Å². The summed E-state index contributed by atoms with van der Waals surface area (Å²) in [5.41, 5.74) is 3.24. The first kappa shape index (κ1) is 16.2. The number of fused-ring (bicyclic) bond motifs is 1. The third kappa shape index (κ3) is 2.68. The minimum Gasteiger partial charge on any atom is -0.504 e. The van der Waals surface area contributed by atoms with Crippen LogP contribution < -0.4 is 14.2 Å². The van der Waals surface area contributed by atoms with Gasteiger partial charge < -0.3 is 19.3 Å². The van der Waals surface area contributed by atoms with Crippen molar-refractivity contribution in [2.75, 3.05) is 14.2 Å². The summed E-state index contributed by atoms with van der Waals surface area (Å²) in [5.74, 6) is 2.25. The summed E-state index contributed by atoms with van der Waals surface area (Å²) in [4.78, 5) is 0. The van der Waals surface area contributed by atoms with Gasteiger partial charge in [0.2, 0.25) is 0 Å². The average molecular weight is 326 g/mol. The van der Waals surface area contributed by atoms with Crippen molar-refractivity contribution < 1.29 is 19.3 Å². The molecular formula is C20H22O4. The van der Waals surface area contributed by atoms with Crippen molar-refractivity contribution >= 4 is 0 Å². The SMILES string of the molecule is C=CCc1cc(OC)c2c(c1)[C@H](C)[C@@H](c1ccc(O)c(OC)c1)O2. The van der Waals surface area contributed by atoms with Crippen LogP contribution in [-0.2, 0) is 6.42 Å². The maximum Gasteiger partial charge on any atom is 0.165 e. The van der Waals surface area contributed by atoms with Crippen LogP contribution in [0.25, 0.3) is 0 Å². The van der Waals surface area contributed by atoms with Gasteiger partial charge in [0.1, 0.15) is 6.10 Å². The van der Waals surface area contributed by atoms with E-state index < -0.39 is 0 Å². The van der Waals surface area contributed by atoms with Gasteiger partial charge in [-0.25, -0.2) is 0 Å². The number of allylic oxidation sites excluding steroid dienone is 1. The van der Waals surface area contributed by atoms with Crippen LogP contribution in [0.2, 0.25) is 0 Å². The molecule has 4 heteroatoms. The average Bonchev–Trinajstić information content (AvgIpc) is 2.92. The summed E-state index contributed by atoms with van der Waals surface area (Å²) >= 11 is 0. The maximum absolute atomic E-state index is 9.80. The van der Waals surface area contributed by atoms with Gasteiger partial charge in [0, 0.05) is 11.5 Å². The molecule has 2 aromatic carbocycles. The summed E-state index contributed by atoms with van der Waals surface area (Å²) in [6, 6.07) is 9.46. The Bertz CT molecular complexity index is 766. The largest absolute Gasteiger partial charge is 0.504 e. The molecule has 1 N–H and O–H groups in total. The highest BCUT2D eigenvalue weighted by atomic mass is 16.5. The lowest BCUT2D eigenvalue weighted by molar-refractivity contribution is 0.207. The van der Waals surface area contributed by atoms with E-state index in [1.165, 1.54) is 7.11 Å². The van der Waals surface area contributed by atoms with Crippen LogP contribution in [0.4, 0.5) is 0 Å². The first-order chi connectivity index (χ1) is 11.6. The molecular weight excluding hydrogens is 304 g/mol. The molecule has 0 saturated carbocycles. The maximum atomic E-state index is 9.80. The Labute approximate surface area is 142 Å². The third-order valence-corrected chi connectivity index (χ3v) is 4.47. The molecule has 0 saturated heterocycles. The minimum atomic E-state index is -0.151. The molecule has 0 aliphatic carbocycles. The van der Waals surface area contributed by atoms with Gasteiger partial charge in [-0.2, -0.15) is 0 Å². The van der Waals surface area contributed by atoms with E-state index in [1.807, 2.05) is 24.3 Å². The quantitative estimate of drug-likeness (QED) is 0.829. The molecule has 1 aliphatic heterocycles. The van der Waals surface area contributed by atoms with Crippen molar-refractivity contribution in [1.29, 1.82) is 0 Å². The molecule has 3 rings (SSSR count). The molecule has 0 aromatic heterocycles. The van der Waals surface area contributed by atoms with Gasteiger partial charge in [-0.15, -0.1) is 6.58 Å². The first-order valence-corrected chi connectivity index (χ1v) is 7.94. The van der Waals surface area contributed by atoms with Crippen molar-refractivity contribution in [3.05, 3.63) is 59.7 Å². The summed E-state index contributed by atoms with van der Waals surface area (Å²) < 4.78 is 16.9. The van der Waals surface area contributed by atoms with E-state index in [2.05, 4.69) is 19.6 Å². The second-order valence-corrected chi connectivity index (χ2v) is 5.97. The van der Waals surface area contributed by atoms with Gasteiger partial charge >= 0.3 is 0 Å². The number of methoxy groups -OCH3 is 2. The van der Waals surface area contributed by atoms with Crippen molar-refractivity contribution in [3.63, 3.8) is 0 Å². The highest BCUT2D eigenvalue weighted by molar-refractivity contribution is 5.55. The number of rotatable bonds is 5. The number of aromatic hydroxyl groups is 1. The van der Waals surface area contributed by atoms with Crippen molar-refractivity contribution in [2.24, 2.45) is 0 Å².